The van der Waals surface area contributed by atoms with E-state index in [1.807, 2.05) is 11.8 Å². The maximum Gasteiger partial charge on any atom is 0.00467 e. The van der Waals surface area contributed by atoms with Gasteiger partial charge in [0.05, 0.1) is 0 Å². The zero-order chi connectivity index (χ0) is 11.6. The van der Waals surface area contributed by atoms with Gasteiger partial charge in [0.2, 0.25) is 0 Å². The zero-order valence-electron chi connectivity index (χ0n) is 10.4. The molecule has 90 valence electrons. The average molecular weight is 237 g/mol. The smallest absolute Gasteiger partial charge is 0.00467 e. The van der Waals surface area contributed by atoms with E-state index >= 15 is 0 Å². The highest BCUT2D eigenvalue weighted by molar-refractivity contribution is 7.99. The highest BCUT2D eigenvalue weighted by atomic mass is 32.2. The Morgan fingerprint density at radius 1 is 1.25 bits per heavy atom. The Labute approximate surface area is 104 Å². The van der Waals surface area contributed by atoms with E-state index in [-0.39, 0.29) is 0 Å². The third-order valence-corrected chi connectivity index (χ3v) is 3.58. The Kier molecular flexibility index (Phi) is 7.35. The fourth-order valence-corrected chi connectivity index (χ4v) is 2.42. The Morgan fingerprint density at radius 2 is 2.00 bits per heavy atom. The van der Waals surface area contributed by atoms with Crippen LogP contribution in [0.3, 0.4) is 0 Å². The molecule has 16 heavy (non-hydrogen) atoms. The van der Waals surface area contributed by atoms with Gasteiger partial charge in [-0.15, -0.1) is 0 Å². The van der Waals surface area contributed by atoms with Crippen molar-refractivity contribution in [2.24, 2.45) is 0 Å². The molecule has 0 aliphatic carbocycles. The number of rotatable bonds is 8. The van der Waals surface area contributed by atoms with Crippen molar-refractivity contribution in [3.63, 3.8) is 0 Å². The van der Waals surface area contributed by atoms with Crippen molar-refractivity contribution in [2.75, 3.05) is 18.1 Å². The SMILES string of the molecule is CCSCCC(C)NCCc1ccccc1. The number of hydrogen-bond acceptors (Lipinski definition) is 2. The van der Waals surface area contributed by atoms with Gasteiger partial charge in [-0.1, -0.05) is 37.3 Å². The summed E-state index contributed by atoms with van der Waals surface area (Å²) in [6.07, 6.45) is 2.40. The zero-order valence-corrected chi connectivity index (χ0v) is 11.2. The maximum absolute atomic E-state index is 3.58. The van der Waals surface area contributed by atoms with E-state index in [4.69, 9.17) is 0 Å². The molecule has 1 nitrogen and oxygen atoms in total. The molecule has 0 aromatic heterocycles. The van der Waals surface area contributed by atoms with E-state index < -0.39 is 0 Å². The van der Waals surface area contributed by atoms with Crippen LogP contribution in [-0.4, -0.2) is 24.1 Å². The summed E-state index contributed by atoms with van der Waals surface area (Å²) >= 11 is 2.03. The molecule has 0 aliphatic rings. The molecular weight excluding hydrogens is 214 g/mol. The van der Waals surface area contributed by atoms with Gasteiger partial charge in [0, 0.05) is 6.04 Å². The number of thioether (sulfide) groups is 1. The Morgan fingerprint density at radius 3 is 2.69 bits per heavy atom. The summed E-state index contributed by atoms with van der Waals surface area (Å²) < 4.78 is 0. The lowest BCUT2D eigenvalue weighted by molar-refractivity contribution is 0.540. The second kappa shape index (κ2) is 8.66. The number of nitrogens with one attached hydrogen (secondary N) is 1. The van der Waals surface area contributed by atoms with Crippen LogP contribution in [0.1, 0.15) is 25.8 Å². The second-order valence-electron chi connectivity index (χ2n) is 4.08. The molecule has 2 heteroatoms. The first kappa shape index (κ1) is 13.6. The van der Waals surface area contributed by atoms with Gasteiger partial charge in [0.15, 0.2) is 0 Å². The molecular formula is C14H23NS. The molecule has 0 bridgehead atoms. The molecule has 1 unspecified atom stereocenters. The lowest BCUT2D eigenvalue weighted by Gasteiger charge is -2.13. The molecule has 0 fully saturated rings. The molecule has 1 aromatic rings. The van der Waals surface area contributed by atoms with E-state index in [0.717, 1.165) is 13.0 Å². The van der Waals surface area contributed by atoms with Crippen LogP contribution in [0.5, 0.6) is 0 Å². The summed E-state index contributed by atoms with van der Waals surface area (Å²) in [6, 6.07) is 11.3. The first-order chi connectivity index (χ1) is 7.83. The van der Waals surface area contributed by atoms with Gasteiger partial charge in [-0.3, -0.25) is 0 Å². The van der Waals surface area contributed by atoms with Crippen molar-refractivity contribution in [2.45, 2.75) is 32.7 Å². The topological polar surface area (TPSA) is 12.0 Å². The minimum Gasteiger partial charge on any atom is -0.314 e. The van der Waals surface area contributed by atoms with Crippen molar-refractivity contribution in [3.05, 3.63) is 35.9 Å². The van der Waals surface area contributed by atoms with Crippen LogP contribution in [0.25, 0.3) is 0 Å². The Hall–Kier alpha value is -0.470. The molecule has 0 amide bonds. The van der Waals surface area contributed by atoms with Crippen LogP contribution in [0.2, 0.25) is 0 Å². The van der Waals surface area contributed by atoms with Crippen LogP contribution in [0.15, 0.2) is 30.3 Å². The summed E-state index contributed by atoms with van der Waals surface area (Å²) in [7, 11) is 0. The third kappa shape index (κ3) is 6.19. The van der Waals surface area contributed by atoms with Gasteiger partial charge in [0.1, 0.15) is 0 Å². The molecule has 1 N–H and O–H groups in total. The summed E-state index contributed by atoms with van der Waals surface area (Å²) in [4.78, 5) is 0. The summed E-state index contributed by atoms with van der Waals surface area (Å²) in [6.45, 7) is 5.58. The van der Waals surface area contributed by atoms with E-state index in [0.29, 0.717) is 6.04 Å². The maximum atomic E-state index is 3.58. The first-order valence-electron chi connectivity index (χ1n) is 6.18. The van der Waals surface area contributed by atoms with Gasteiger partial charge < -0.3 is 5.32 Å². The van der Waals surface area contributed by atoms with Crippen LogP contribution in [0.4, 0.5) is 0 Å². The molecule has 0 heterocycles. The van der Waals surface area contributed by atoms with Crippen LogP contribution < -0.4 is 5.32 Å². The quantitative estimate of drug-likeness (QED) is 0.696. The summed E-state index contributed by atoms with van der Waals surface area (Å²) in [5.74, 6) is 2.51. The highest BCUT2D eigenvalue weighted by Crippen LogP contribution is 2.04. The predicted octanol–water partition coefficient (Wildman–Crippen LogP) is 3.35. The van der Waals surface area contributed by atoms with E-state index in [1.54, 1.807) is 0 Å². The highest BCUT2D eigenvalue weighted by Gasteiger charge is 2.00. The van der Waals surface area contributed by atoms with E-state index in [2.05, 4.69) is 49.5 Å². The Balaban J connectivity index is 2.06. The van der Waals surface area contributed by atoms with E-state index in [9.17, 15) is 0 Å². The molecule has 0 spiro atoms. The molecule has 0 radical (unpaired) electrons. The van der Waals surface area contributed by atoms with Gasteiger partial charge in [0.25, 0.3) is 0 Å². The lowest BCUT2D eigenvalue weighted by atomic mass is 10.1. The van der Waals surface area contributed by atoms with Crippen molar-refractivity contribution in [3.8, 4) is 0 Å². The lowest BCUT2D eigenvalue weighted by Crippen LogP contribution is -2.28. The van der Waals surface area contributed by atoms with Crippen molar-refractivity contribution < 1.29 is 0 Å². The van der Waals surface area contributed by atoms with Gasteiger partial charge in [-0.2, -0.15) is 11.8 Å². The predicted molar refractivity (Wildman–Crippen MR) is 75.2 cm³/mol. The molecule has 1 rings (SSSR count). The first-order valence-corrected chi connectivity index (χ1v) is 7.33. The van der Waals surface area contributed by atoms with Crippen molar-refractivity contribution in [1.29, 1.82) is 0 Å². The van der Waals surface area contributed by atoms with Gasteiger partial charge >= 0.3 is 0 Å². The second-order valence-corrected chi connectivity index (χ2v) is 5.47. The van der Waals surface area contributed by atoms with Crippen molar-refractivity contribution >= 4 is 11.8 Å². The number of benzene rings is 1. The normalized spacial score (nSPS) is 12.6. The van der Waals surface area contributed by atoms with Crippen LogP contribution in [-0.2, 0) is 6.42 Å². The van der Waals surface area contributed by atoms with E-state index in [1.165, 1.54) is 23.5 Å². The third-order valence-electron chi connectivity index (χ3n) is 2.65. The molecule has 0 aliphatic heterocycles. The number of hydrogen-bond donors (Lipinski definition) is 1. The van der Waals surface area contributed by atoms with Gasteiger partial charge in [-0.25, -0.2) is 0 Å². The summed E-state index contributed by atoms with van der Waals surface area (Å²) in [5.41, 5.74) is 1.42. The molecule has 0 saturated heterocycles. The monoisotopic (exact) mass is 237 g/mol. The molecule has 1 atom stereocenters. The van der Waals surface area contributed by atoms with Crippen molar-refractivity contribution in [1.82, 2.24) is 5.32 Å². The minimum atomic E-state index is 0.641. The van der Waals surface area contributed by atoms with Crippen LogP contribution in [0, 0.1) is 0 Å². The fourth-order valence-electron chi connectivity index (χ4n) is 1.61. The summed E-state index contributed by atoms with van der Waals surface area (Å²) in [5, 5.41) is 3.58. The minimum absolute atomic E-state index is 0.641. The largest absolute Gasteiger partial charge is 0.314 e. The fraction of sp³-hybridized carbons (Fsp3) is 0.571. The average Bonchev–Trinajstić information content (AvgIpc) is 2.31. The molecule has 0 saturated carbocycles. The Bertz CT molecular complexity index is 261. The van der Waals surface area contributed by atoms with Gasteiger partial charge in [-0.05, 0) is 43.4 Å². The molecule has 1 aromatic carbocycles. The van der Waals surface area contributed by atoms with Crippen LogP contribution >= 0.6 is 11.8 Å². The standard InChI is InChI=1S/C14H23NS/c1-3-16-12-10-13(2)15-11-9-14-7-5-4-6-8-14/h4-8,13,15H,3,9-12H2,1-2H3.